The monoisotopic (exact) mass is 305 g/mol. The van der Waals surface area contributed by atoms with Gasteiger partial charge in [0.2, 0.25) is 0 Å². The normalized spacial score (nSPS) is 23.3. The number of benzene rings is 1. The summed E-state index contributed by atoms with van der Waals surface area (Å²) in [6.45, 7) is 2.29. The maximum Gasteiger partial charge on any atom is 0.0406 e. The minimum absolute atomic E-state index is 0.556. The molecule has 1 nitrogen and oxygen atoms in total. The van der Waals surface area contributed by atoms with Crippen LogP contribution in [-0.2, 0) is 6.42 Å². The molecule has 2 aromatic rings. The Morgan fingerprint density at radius 1 is 1.25 bits per heavy atom. The number of thiophene rings is 1. The van der Waals surface area contributed by atoms with Crippen LogP contribution in [0.5, 0.6) is 0 Å². The molecule has 0 amide bonds. The molecule has 1 heterocycles. The highest BCUT2D eigenvalue weighted by Crippen LogP contribution is 2.37. The van der Waals surface area contributed by atoms with Crippen molar-refractivity contribution in [3.63, 3.8) is 0 Å². The Labute approximate surface area is 130 Å². The number of hydrogen-bond acceptors (Lipinski definition) is 2. The largest absolute Gasteiger partial charge is 0.311 e. The summed E-state index contributed by atoms with van der Waals surface area (Å²) >= 11 is 7.71. The van der Waals surface area contributed by atoms with Crippen molar-refractivity contribution >= 4 is 22.9 Å². The third-order valence-corrected chi connectivity index (χ3v) is 5.11. The van der Waals surface area contributed by atoms with Crippen LogP contribution in [-0.4, -0.2) is 12.1 Å². The Balaban J connectivity index is 1.45. The average molecular weight is 306 g/mol. The van der Waals surface area contributed by atoms with E-state index in [2.05, 4.69) is 41.2 Å². The first-order valence-corrected chi connectivity index (χ1v) is 8.55. The second-order valence-corrected chi connectivity index (χ2v) is 7.04. The Morgan fingerprint density at radius 2 is 2.00 bits per heavy atom. The molecule has 1 aliphatic carbocycles. The highest BCUT2D eigenvalue weighted by molar-refractivity contribution is 7.07. The van der Waals surface area contributed by atoms with E-state index in [9.17, 15) is 0 Å². The van der Waals surface area contributed by atoms with E-state index in [1.54, 1.807) is 11.3 Å². The van der Waals surface area contributed by atoms with Gasteiger partial charge in [0.05, 0.1) is 0 Å². The van der Waals surface area contributed by atoms with Crippen LogP contribution >= 0.6 is 22.9 Å². The molecule has 106 valence electrons. The molecule has 1 N–H and O–H groups in total. The minimum atomic E-state index is 0.556. The van der Waals surface area contributed by atoms with Gasteiger partial charge in [-0.3, -0.25) is 0 Å². The molecule has 0 saturated heterocycles. The lowest BCUT2D eigenvalue weighted by molar-refractivity contribution is 0.269. The number of halogens is 1. The fourth-order valence-corrected chi connectivity index (χ4v) is 3.79. The van der Waals surface area contributed by atoms with Crippen molar-refractivity contribution < 1.29 is 0 Å². The number of hydrogen-bond donors (Lipinski definition) is 1. The maximum atomic E-state index is 5.93. The van der Waals surface area contributed by atoms with Crippen molar-refractivity contribution in [1.29, 1.82) is 0 Å². The second-order valence-electron chi connectivity index (χ2n) is 5.82. The molecule has 1 aromatic carbocycles. The van der Waals surface area contributed by atoms with Crippen molar-refractivity contribution in [2.75, 3.05) is 0 Å². The van der Waals surface area contributed by atoms with Crippen LogP contribution in [0.4, 0.5) is 0 Å². The lowest BCUT2D eigenvalue weighted by Crippen LogP contribution is -2.45. The second kappa shape index (κ2) is 6.30. The highest BCUT2D eigenvalue weighted by Gasteiger charge is 2.30. The zero-order valence-electron chi connectivity index (χ0n) is 11.7. The predicted molar refractivity (Wildman–Crippen MR) is 87.8 cm³/mol. The molecule has 1 saturated carbocycles. The first-order chi connectivity index (χ1) is 9.70. The summed E-state index contributed by atoms with van der Waals surface area (Å²) in [5.74, 6) is 0.707. The Kier molecular flexibility index (Phi) is 4.45. The van der Waals surface area contributed by atoms with E-state index in [1.807, 2.05) is 12.1 Å². The highest BCUT2D eigenvalue weighted by atomic mass is 35.5. The van der Waals surface area contributed by atoms with E-state index in [0.717, 1.165) is 11.4 Å². The SMILES string of the molecule is CC(Cc1ccsc1)NC1CC(c2ccc(Cl)cc2)C1. The van der Waals surface area contributed by atoms with Crippen LogP contribution in [0.1, 0.15) is 36.8 Å². The van der Waals surface area contributed by atoms with E-state index in [0.29, 0.717) is 18.0 Å². The van der Waals surface area contributed by atoms with Gasteiger partial charge in [-0.1, -0.05) is 23.7 Å². The Morgan fingerprint density at radius 3 is 2.65 bits per heavy atom. The smallest absolute Gasteiger partial charge is 0.0406 e. The zero-order chi connectivity index (χ0) is 13.9. The molecular formula is C17H20ClNS. The molecule has 20 heavy (non-hydrogen) atoms. The topological polar surface area (TPSA) is 12.0 Å². The van der Waals surface area contributed by atoms with Crippen molar-refractivity contribution in [3.8, 4) is 0 Å². The van der Waals surface area contributed by atoms with E-state index in [1.165, 1.54) is 24.0 Å². The van der Waals surface area contributed by atoms with Gasteiger partial charge in [0, 0.05) is 17.1 Å². The quantitative estimate of drug-likeness (QED) is 0.831. The van der Waals surface area contributed by atoms with Crippen molar-refractivity contribution in [3.05, 3.63) is 57.2 Å². The molecular weight excluding hydrogens is 286 g/mol. The van der Waals surface area contributed by atoms with Crippen molar-refractivity contribution in [2.24, 2.45) is 0 Å². The van der Waals surface area contributed by atoms with Gasteiger partial charge >= 0.3 is 0 Å². The van der Waals surface area contributed by atoms with E-state index < -0.39 is 0 Å². The van der Waals surface area contributed by atoms with Gasteiger partial charge in [0.1, 0.15) is 0 Å². The Bertz CT molecular complexity index is 529. The van der Waals surface area contributed by atoms with Crippen LogP contribution < -0.4 is 5.32 Å². The van der Waals surface area contributed by atoms with E-state index in [4.69, 9.17) is 11.6 Å². The minimum Gasteiger partial charge on any atom is -0.311 e. The average Bonchev–Trinajstić information content (AvgIpc) is 2.87. The molecule has 3 rings (SSSR count). The van der Waals surface area contributed by atoms with Gasteiger partial charge in [-0.15, -0.1) is 0 Å². The van der Waals surface area contributed by atoms with Crippen LogP contribution in [0.15, 0.2) is 41.1 Å². The summed E-state index contributed by atoms with van der Waals surface area (Å²) < 4.78 is 0. The molecule has 0 spiro atoms. The van der Waals surface area contributed by atoms with Crippen LogP contribution in [0, 0.1) is 0 Å². The summed E-state index contributed by atoms with van der Waals surface area (Å²) in [5, 5.41) is 8.97. The summed E-state index contributed by atoms with van der Waals surface area (Å²) in [4.78, 5) is 0. The lowest BCUT2D eigenvalue weighted by atomic mass is 9.75. The summed E-state index contributed by atoms with van der Waals surface area (Å²) in [6.07, 6.45) is 3.62. The molecule has 1 aliphatic rings. The third kappa shape index (κ3) is 3.43. The van der Waals surface area contributed by atoms with Gasteiger partial charge in [0.25, 0.3) is 0 Å². The van der Waals surface area contributed by atoms with Crippen LogP contribution in [0.2, 0.25) is 5.02 Å². The maximum absolute atomic E-state index is 5.93. The van der Waals surface area contributed by atoms with Gasteiger partial charge in [0.15, 0.2) is 0 Å². The Hall–Kier alpha value is -0.830. The fraction of sp³-hybridized carbons (Fsp3) is 0.412. The predicted octanol–water partition coefficient (Wildman–Crippen LogP) is 4.87. The molecule has 1 aromatic heterocycles. The first kappa shape index (κ1) is 14.1. The third-order valence-electron chi connectivity index (χ3n) is 4.12. The first-order valence-electron chi connectivity index (χ1n) is 7.23. The van der Waals surface area contributed by atoms with Gasteiger partial charge in [-0.25, -0.2) is 0 Å². The van der Waals surface area contributed by atoms with Crippen LogP contribution in [0.3, 0.4) is 0 Å². The van der Waals surface area contributed by atoms with Crippen molar-refractivity contribution in [1.82, 2.24) is 5.32 Å². The van der Waals surface area contributed by atoms with Gasteiger partial charge < -0.3 is 5.32 Å². The zero-order valence-corrected chi connectivity index (χ0v) is 13.3. The van der Waals surface area contributed by atoms with E-state index >= 15 is 0 Å². The number of rotatable bonds is 5. The van der Waals surface area contributed by atoms with E-state index in [-0.39, 0.29) is 0 Å². The standard InChI is InChI=1S/C17H20ClNS/c1-12(8-13-6-7-20-11-13)19-17-9-15(10-17)14-2-4-16(18)5-3-14/h2-7,11-12,15,17,19H,8-10H2,1H3. The molecule has 0 aliphatic heterocycles. The summed E-state index contributed by atoms with van der Waals surface area (Å²) in [7, 11) is 0. The van der Waals surface area contributed by atoms with Gasteiger partial charge in [-0.2, -0.15) is 11.3 Å². The molecule has 0 radical (unpaired) electrons. The van der Waals surface area contributed by atoms with Crippen molar-refractivity contribution in [2.45, 2.75) is 44.2 Å². The molecule has 1 unspecified atom stereocenters. The fourth-order valence-electron chi connectivity index (χ4n) is 2.98. The molecule has 1 atom stereocenters. The number of nitrogens with one attached hydrogen (secondary N) is 1. The summed E-state index contributed by atoms with van der Waals surface area (Å²) in [6, 6.07) is 11.8. The summed E-state index contributed by atoms with van der Waals surface area (Å²) in [5.41, 5.74) is 2.88. The van der Waals surface area contributed by atoms with Crippen LogP contribution in [0.25, 0.3) is 0 Å². The van der Waals surface area contributed by atoms with Gasteiger partial charge in [-0.05, 0) is 72.2 Å². The molecule has 1 fully saturated rings. The molecule has 0 bridgehead atoms. The molecule has 3 heteroatoms. The lowest BCUT2D eigenvalue weighted by Gasteiger charge is -2.38.